The zero-order valence-electron chi connectivity index (χ0n) is 29.3. The summed E-state index contributed by atoms with van der Waals surface area (Å²) in [6, 6.07) is 5.01. The van der Waals surface area contributed by atoms with Gasteiger partial charge in [0.15, 0.2) is 6.10 Å². The van der Waals surface area contributed by atoms with E-state index < -0.39 is 52.9 Å². The average molecular weight is 701 g/mol. The van der Waals surface area contributed by atoms with Gasteiger partial charge >= 0.3 is 5.97 Å². The molecule has 3 N–H and O–H groups in total. The highest BCUT2D eigenvalue weighted by Crippen LogP contribution is 2.46. The smallest absolute Gasteiger partial charge is 0.329 e. The first-order valence-electron chi connectivity index (χ1n) is 18.0. The molecule has 0 bridgehead atoms. The Bertz CT molecular complexity index is 1410. The number of carbonyl (C=O) groups excluding carboxylic acids is 5. The predicted molar refractivity (Wildman–Crippen MR) is 186 cm³/mol. The van der Waals surface area contributed by atoms with Crippen molar-refractivity contribution in [2.45, 2.75) is 135 Å². The van der Waals surface area contributed by atoms with Crippen molar-refractivity contribution in [2.24, 2.45) is 16.7 Å². The van der Waals surface area contributed by atoms with Crippen molar-refractivity contribution < 1.29 is 33.8 Å². The fraction of sp³-hybridized carbons (Fsp3) is 0.703. The Morgan fingerprint density at radius 2 is 1.80 bits per heavy atom. The van der Waals surface area contributed by atoms with Crippen molar-refractivity contribution in [3.63, 3.8) is 0 Å². The number of anilines is 1. The molecular weight excluding hydrogens is 648 g/mol. The van der Waals surface area contributed by atoms with E-state index in [2.05, 4.69) is 10.6 Å². The quantitative estimate of drug-likeness (QED) is 0.272. The second-order valence-electron chi connectivity index (χ2n) is 15.9. The molecule has 0 radical (unpaired) electrons. The lowest BCUT2D eigenvalue weighted by molar-refractivity contribution is -0.166. The normalized spacial score (nSPS) is 24.9. The van der Waals surface area contributed by atoms with E-state index in [1.165, 1.54) is 11.3 Å². The molecule has 12 heteroatoms. The number of carbonyl (C=O) groups is 5. The molecular formula is C37H53ClN4O7. The van der Waals surface area contributed by atoms with Crippen molar-refractivity contribution in [3.05, 3.63) is 29.3 Å². The topological polar surface area (TPSA) is 145 Å². The van der Waals surface area contributed by atoms with Crippen LogP contribution in [-0.4, -0.2) is 83.0 Å². The number of nitrogens with one attached hydrogen (secondary N) is 2. The number of benzene rings is 1. The van der Waals surface area contributed by atoms with E-state index in [0.717, 1.165) is 38.5 Å². The second-order valence-corrected chi connectivity index (χ2v) is 16.3. The van der Waals surface area contributed by atoms with Crippen molar-refractivity contribution in [1.29, 1.82) is 0 Å². The Balaban J connectivity index is 1.40. The van der Waals surface area contributed by atoms with Crippen LogP contribution in [0.15, 0.2) is 24.3 Å². The van der Waals surface area contributed by atoms with Crippen molar-refractivity contribution >= 4 is 46.9 Å². The highest BCUT2D eigenvalue weighted by molar-refractivity contribution is 6.31. The summed E-state index contributed by atoms with van der Waals surface area (Å²) in [6.45, 7) is 7.86. The lowest BCUT2D eigenvalue weighted by atomic mass is 9.84. The Kier molecular flexibility index (Phi) is 11.6. The first-order chi connectivity index (χ1) is 23.2. The van der Waals surface area contributed by atoms with Crippen LogP contribution in [0.4, 0.5) is 5.69 Å². The first-order valence-corrected chi connectivity index (χ1v) is 18.4. The van der Waals surface area contributed by atoms with Crippen molar-refractivity contribution in [3.8, 4) is 0 Å². The SMILES string of the molecule is CCC[C@H](OC(=O)[C@@H]1C[C@]2(CC(=O)N(c3cccc(Cl)c3)C2)CN1C(=O)C(NC(=O)CC1CCCCC1)C(C)(C)C)C(O)C(=O)NC1CC1. The summed E-state index contributed by atoms with van der Waals surface area (Å²) in [5.74, 6) is -1.80. The number of ether oxygens (including phenoxy) is 1. The molecule has 4 amide bonds. The van der Waals surface area contributed by atoms with Gasteiger partial charge in [-0.05, 0) is 68.1 Å². The molecule has 1 spiro atoms. The van der Waals surface area contributed by atoms with Crippen molar-refractivity contribution in [1.82, 2.24) is 15.5 Å². The molecule has 2 saturated heterocycles. The number of amides is 4. The Morgan fingerprint density at radius 1 is 1.08 bits per heavy atom. The minimum atomic E-state index is -1.56. The summed E-state index contributed by atoms with van der Waals surface area (Å²) in [7, 11) is 0. The predicted octanol–water partition coefficient (Wildman–Crippen LogP) is 4.52. The Hall–Kier alpha value is -3.18. The molecule has 2 heterocycles. The van der Waals surface area contributed by atoms with Gasteiger partial charge in [-0.3, -0.25) is 19.2 Å². The number of hydrogen-bond donors (Lipinski definition) is 3. The number of nitrogens with zero attached hydrogens (tertiary/aromatic N) is 2. The largest absolute Gasteiger partial charge is 0.458 e. The first kappa shape index (κ1) is 37.1. The van der Waals surface area contributed by atoms with E-state index in [4.69, 9.17) is 16.3 Å². The summed E-state index contributed by atoms with van der Waals surface area (Å²) in [6.07, 6.45) is 5.77. The summed E-state index contributed by atoms with van der Waals surface area (Å²) < 4.78 is 5.90. The lowest BCUT2D eigenvalue weighted by Crippen LogP contribution is -2.57. The van der Waals surface area contributed by atoms with Crippen LogP contribution in [0, 0.1) is 16.7 Å². The number of rotatable bonds is 12. The molecule has 5 atom stereocenters. The summed E-state index contributed by atoms with van der Waals surface area (Å²) in [5, 5.41) is 17.2. The fourth-order valence-electron chi connectivity index (χ4n) is 7.68. The molecule has 49 heavy (non-hydrogen) atoms. The van der Waals surface area contributed by atoms with Gasteiger partial charge in [0.25, 0.3) is 5.91 Å². The molecule has 11 nitrogen and oxygen atoms in total. The zero-order valence-corrected chi connectivity index (χ0v) is 30.1. The van der Waals surface area contributed by atoms with Crippen LogP contribution in [0.1, 0.15) is 105 Å². The highest BCUT2D eigenvalue weighted by Gasteiger charge is 2.56. The fourth-order valence-corrected chi connectivity index (χ4v) is 7.87. The highest BCUT2D eigenvalue weighted by atomic mass is 35.5. The lowest BCUT2D eigenvalue weighted by Gasteiger charge is -2.36. The van der Waals surface area contributed by atoms with Crippen LogP contribution in [0.25, 0.3) is 0 Å². The maximum atomic E-state index is 14.6. The molecule has 2 unspecified atom stereocenters. The molecule has 2 saturated carbocycles. The minimum Gasteiger partial charge on any atom is -0.458 e. The summed E-state index contributed by atoms with van der Waals surface area (Å²) in [5.41, 5.74) is -0.826. The van der Waals surface area contributed by atoms with Gasteiger partial charge in [-0.2, -0.15) is 0 Å². The van der Waals surface area contributed by atoms with E-state index in [1.54, 1.807) is 29.2 Å². The van der Waals surface area contributed by atoms with Gasteiger partial charge in [0.2, 0.25) is 17.7 Å². The third kappa shape index (κ3) is 9.14. The standard InChI is InChI=1S/C37H53ClN4O7/c1-5-10-28(31(45)33(46)39-25-15-16-25)49-35(48)27-19-37(20-30(44)41(21-37)26-14-9-13-24(38)18-26)22-42(27)34(47)32(36(2,3)4)40-29(43)17-23-11-7-6-8-12-23/h9,13-14,18,23,25,27-28,31-32,45H,5-8,10-12,15-17,19-22H2,1-4H3,(H,39,46)(H,40,43)/t27-,28-,31?,32?,37+/m0/s1. The number of esters is 1. The zero-order chi connectivity index (χ0) is 35.5. The van der Waals surface area contributed by atoms with Gasteiger partial charge in [-0.15, -0.1) is 0 Å². The average Bonchev–Trinajstić information content (AvgIpc) is 3.70. The maximum Gasteiger partial charge on any atom is 0.329 e. The van der Waals surface area contributed by atoms with E-state index in [1.807, 2.05) is 27.7 Å². The van der Waals surface area contributed by atoms with Gasteiger partial charge in [0, 0.05) is 48.1 Å². The van der Waals surface area contributed by atoms with Crippen LogP contribution >= 0.6 is 11.6 Å². The van der Waals surface area contributed by atoms with Gasteiger partial charge < -0.3 is 30.3 Å². The molecule has 1 aromatic carbocycles. The van der Waals surface area contributed by atoms with Crippen molar-refractivity contribution in [2.75, 3.05) is 18.0 Å². The summed E-state index contributed by atoms with van der Waals surface area (Å²) >= 11 is 6.25. The maximum absolute atomic E-state index is 14.6. The third-order valence-corrected chi connectivity index (χ3v) is 10.7. The van der Waals surface area contributed by atoms with E-state index in [9.17, 15) is 29.1 Å². The number of likely N-dealkylation sites (tertiary alicyclic amines) is 1. The second kappa shape index (κ2) is 15.4. The number of hydrogen-bond acceptors (Lipinski definition) is 7. The van der Waals surface area contributed by atoms with E-state index in [0.29, 0.717) is 23.6 Å². The van der Waals surface area contributed by atoms with Crippen LogP contribution in [0.3, 0.4) is 0 Å². The number of aliphatic hydroxyl groups excluding tert-OH is 1. The van der Waals surface area contributed by atoms with Crippen LogP contribution in [-0.2, 0) is 28.7 Å². The minimum absolute atomic E-state index is 0.0212. The van der Waals surface area contributed by atoms with Crippen LogP contribution < -0.4 is 15.5 Å². The molecule has 270 valence electrons. The van der Waals surface area contributed by atoms with E-state index in [-0.39, 0.29) is 56.1 Å². The van der Waals surface area contributed by atoms with Crippen LogP contribution in [0.2, 0.25) is 5.02 Å². The number of halogens is 1. The molecule has 5 rings (SSSR count). The molecule has 2 aliphatic heterocycles. The van der Waals surface area contributed by atoms with E-state index >= 15 is 0 Å². The molecule has 0 aromatic heterocycles. The van der Waals surface area contributed by atoms with Gasteiger partial charge in [0.05, 0.1) is 0 Å². The Labute approximate surface area is 294 Å². The van der Waals surface area contributed by atoms with Gasteiger partial charge in [-0.25, -0.2) is 4.79 Å². The monoisotopic (exact) mass is 700 g/mol. The molecule has 2 aliphatic carbocycles. The number of aliphatic hydroxyl groups is 1. The summed E-state index contributed by atoms with van der Waals surface area (Å²) in [4.78, 5) is 71.4. The van der Waals surface area contributed by atoms with Gasteiger partial charge in [0.1, 0.15) is 18.2 Å². The molecule has 4 fully saturated rings. The van der Waals surface area contributed by atoms with Gasteiger partial charge in [-0.1, -0.05) is 71.0 Å². The van der Waals surface area contributed by atoms with Crippen LogP contribution in [0.5, 0.6) is 0 Å². The third-order valence-electron chi connectivity index (χ3n) is 10.5. The Morgan fingerprint density at radius 3 is 2.43 bits per heavy atom. The molecule has 1 aromatic rings. The molecule has 4 aliphatic rings.